The number of nitrogens with zero attached hydrogens (tertiary/aromatic N) is 1. The number of hydrogen-bond acceptors (Lipinski definition) is 4. The van der Waals surface area contributed by atoms with Crippen molar-refractivity contribution in [1.29, 1.82) is 0 Å². The highest BCUT2D eigenvalue weighted by Gasteiger charge is 2.31. The molecule has 0 saturated carbocycles. The van der Waals surface area contributed by atoms with Crippen molar-refractivity contribution in [3.63, 3.8) is 0 Å². The van der Waals surface area contributed by atoms with Crippen molar-refractivity contribution in [3.8, 4) is 0 Å². The van der Waals surface area contributed by atoms with Gasteiger partial charge in [0.1, 0.15) is 0 Å². The van der Waals surface area contributed by atoms with Crippen molar-refractivity contribution in [3.05, 3.63) is 5.21 Å². The van der Waals surface area contributed by atoms with E-state index in [2.05, 4.69) is 0 Å². The molecule has 0 aliphatic rings. The minimum Gasteiger partial charge on any atom is -0.785 e. The number of carbonyl (C=O) groups is 1. The molecule has 0 fully saturated rings. The third-order valence-corrected chi connectivity index (χ3v) is 3.59. The number of aliphatic carboxylic acids is 1. The topological polar surface area (TPSA) is 72.8 Å². The lowest BCUT2D eigenvalue weighted by atomic mass is 9.83. The van der Waals surface area contributed by atoms with E-state index in [4.69, 9.17) is 9.84 Å². The molecule has 0 aliphatic heterocycles. The van der Waals surface area contributed by atoms with Gasteiger partial charge in [0.25, 0.3) is 0 Å². The largest absolute Gasteiger partial charge is 0.785 e. The zero-order valence-electron chi connectivity index (χ0n) is 13.9. The predicted octanol–water partition coefficient (Wildman–Crippen LogP) is 3.13. The van der Waals surface area contributed by atoms with Gasteiger partial charge in [-0.05, 0) is 24.9 Å². The van der Waals surface area contributed by atoms with Gasteiger partial charge < -0.3 is 20.1 Å². The molecule has 0 heterocycles. The van der Waals surface area contributed by atoms with Crippen LogP contribution in [0.4, 0.5) is 0 Å². The SMILES string of the molecule is CC(C)N([O-])CC(C)(C)CO[C@H](C)C(C)(C)CC(=O)O. The summed E-state index contributed by atoms with van der Waals surface area (Å²) in [5.74, 6) is -0.824. The number of ether oxygens (including phenoxy) is 1. The average Bonchev–Trinajstić information content (AvgIpc) is 2.23. The van der Waals surface area contributed by atoms with E-state index in [9.17, 15) is 10.0 Å². The smallest absolute Gasteiger partial charge is 0.303 e. The van der Waals surface area contributed by atoms with E-state index in [0.717, 1.165) is 5.06 Å². The van der Waals surface area contributed by atoms with Gasteiger partial charge in [0.2, 0.25) is 0 Å². The zero-order valence-corrected chi connectivity index (χ0v) is 13.9. The van der Waals surface area contributed by atoms with E-state index in [0.29, 0.717) is 13.2 Å². The Bertz CT molecular complexity index is 313. The van der Waals surface area contributed by atoms with Gasteiger partial charge >= 0.3 is 5.97 Å². The molecular weight excluding hydrogens is 258 g/mol. The summed E-state index contributed by atoms with van der Waals surface area (Å²) in [6.45, 7) is 14.2. The van der Waals surface area contributed by atoms with Crippen LogP contribution in [0.25, 0.3) is 0 Å². The molecule has 120 valence electrons. The maximum atomic E-state index is 11.7. The normalized spacial score (nSPS) is 14.9. The van der Waals surface area contributed by atoms with Crippen LogP contribution in [0, 0.1) is 16.0 Å². The van der Waals surface area contributed by atoms with Crippen LogP contribution in [0.1, 0.15) is 54.9 Å². The Labute approximate surface area is 122 Å². The van der Waals surface area contributed by atoms with E-state index < -0.39 is 11.4 Å². The lowest BCUT2D eigenvalue weighted by Crippen LogP contribution is -2.40. The lowest BCUT2D eigenvalue weighted by Gasteiger charge is -2.41. The molecule has 1 atom stereocenters. The third-order valence-electron chi connectivity index (χ3n) is 3.59. The second kappa shape index (κ2) is 7.38. The van der Waals surface area contributed by atoms with Crippen LogP contribution in [0.2, 0.25) is 0 Å². The molecule has 0 aromatic rings. The fourth-order valence-electron chi connectivity index (χ4n) is 1.76. The third kappa shape index (κ3) is 7.22. The van der Waals surface area contributed by atoms with E-state index in [1.54, 1.807) is 0 Å². The number of carboxylic acids is 1. The quantitative estimate of drug-likeness (QED) is 0.660. The molecule has 5 heteroatoms. The molecule has 0 bridgehead atoms. The molecule has 5 nitrogen and oxygen atoms in total. The maximum absolute atomic E-state index is 11.7. The molecule has 0 unspecified atom stereocenters. The van der Waals surface area contributed by atoms with Crippen LogP contribution in [0.3, 0.4) is 0 Å². The maximum Gasteiger partial charge on any atom is 0.303 e. The molecule has 0 aliphatic carbocycles. The number of carboxylic acid groups (broad SMARTS) is 1. The summed E-state index contributed by atoms with van der Waals surface area (Å²) in [5, 5.41) is 21.7. The van der Waals surface area contributed by atoms with Crippen molar-refractivity contribution >= 4 is 5.97 Å². The van der Waals surface area contributed by atoms with Crippen LogP contribution in [0.5, 0.6) is 0 Å². The minimum atomic E-state index is -0.824. The van der Waals surface area contributed by atoms with Gasteiger partial charge in [0, 0.05) is 5.41 Å². The summed E-state index contributed by atoms with van der Waals surface area (Å²) in [4.78, 5) is 10.8. The van der Waals surface area contributed by atoms with Crippen molar-refractivity contribution in [2.24, 2.45) is 10.8 Å². The lowest BCUT2D eigenvalue weighted by molar-refractivity contribution is -0.142. The number of rotatable bonds is 9. The van der Waals surface area contributed by atoms with E-state index in [1.807, 2.05) is 48.5 Å². The van der Waals surface area contributed by atoms with Gasteiger partial charge in [0.15, 0.2) is 0 Å². The van der Waals surface area contributed by atoms with Gasteiger partial charge in [-0.25, -0.2) is 0 Å². The average molecular weight is 288 g/mol. The van der Waals surface area contributed by atoms with Gasteiger partial charge in [-0.3, -0.25) is 4.79 Å². The van der Waals surface area contributed by atoms with Gasteiger partial charge in [-0.15, -0.1) is 0 Å². The number of hydrogen-bond donors (Lipinski definition) is 1. The predicted molar refractivity (Wildman–Crippen MR) is 80.4 cm³/mol. The highest BCUT2D eigenvalue weighted by atomic mass is 16.5. The molecule has 0 saturated heterocycles. The Hall–Kier alpha value is -0.650. The standard InChI is InChI=1S/C15H30NO4/c1-11(2)16(19)9-14(4,5)10-20-12(3)15(6,7)8-13(17)18/h11-12H,8-10H2,1-7H3,(H,17,18)/q-1/t12-/m1/s1. The van der Waals surface area contributed by atoms with Crippen LogP contribution in [-0.4, -0.2) is 41.4 Å². The highest BCUT2D eigenvalue weighted by molar-refractivity contribution is 5.67. The molecule has 20 heavy (non-hydrogen) atoms. The molecule has 0 spiro atoms. The van der Waals surface area contributed by atoms with Gasteiger partial charge in [-0.1, -0.05) is 41.5 Å². The molecule has 0 amide bonds. The Morgan fingerprint density at radius 3 is 2.15 bits per heavy atom. The molecule has 0 aromatic carbocycles. The van der Waals surface area contributed by atoms with Gasteiger partial charge in [-0.2, -0.15) is 0 Å². The Kier molecular flexibility index (Phi) is 7.14. The summed E-state index contributed by atoms with van der Waals surface area (Å²) in [6, 6.07) is -0.0462. The first kappa shape index (κ1) is 19.4. The van der Waals surface area contributed by atoms with Crippen molar-refractivity contribution in [2.45, 2.75) is 67.0 Å². The first-order valence-electron chi connectivity index (χ1n) is 7.14. The minimum absolute atomic E-state index is 0.0462. The molecular formula is C15H30NO4-. The first-order chi connectivity index (χ1) is 8.87. The fourth-order valence-corrected chi connectivity index (χ4v) is 1.76. The Morgan fingerprint density at radius 1 is 1.25 bits per heavy atom. The summed E-state index contributed by atoms with van der Waals surface area (Å²) in [5.41, 5.74) is -0.698. The molecule has 0 radical (unpaired) electrons. The van der Waals surface area contributed by atoms with Crippen LogP contribution in [0.15, 0.2) is 0 Å². The molecule has 0 rings (SSSR count). The van der Waals surface area contributed by atoms with E-state index >= 15 is 0 Å². The number of hydroxylamine groups is 2. The second-order valence-electron chi connectivity index (χ2n) is 7.35. The monoisotopic (exact) mass is 288 g/mol. The molecule has 0 aromatic heterocycles. The second-order valence-corrected chi connectivity index (χ2v) is 7.35. The summed E-state index contributed by atoms with van der Waals surface area (Å²) >= 11 is 0. The van der Waals surface area contributed by atoms with E-state index in [1.165, 1.54) is 0 Å². The van der Waals surface area contributed by atoms with Crippen molar-refractivity contribution < 1.29 is 14.6 Å². The Balaban J connectivity index is 4.41. The van der Waals surface area contributed by atoms with Crippen LogP contribution < -0.4 is 0 Å². The van der Waals surface area contributed by atoms with E-state index in [-0.39, 0.29) is 24.0 Å². The van der Waals surface area contributed by atoms with Crippen molar-refractivity contribution in [1.82, 2.24) is 5.06 Å². The Morgan fingerprint density at radius 2 is 1.75 bits per heavy atom. The zero-order chi connectivity index (χ0) is 16.1. The van der Waals surface area contributed by atoms with Gasteiger partial charge in [0.05, 0.1) is 19.1 Å². The first-order valence-corrected chi connectivity index (χ1v) is 7.14. The fraction of sp³-hybridized carbons (Fsp3) is 0.933. The van der Waals surface area contributed by atoms with Crippen LogP contribution >= 0.6 is 0 Å². The summed E-state index contributed by atoms with van der Waals surface area (Å²) in [6.07, 6.45) is -0.120. The summed E-state index contributed by atoms with van der Waals surface area (Å²) in [7, 11) is 0. The van der Waals surface area contributed by atoms with Crippen LogP contribution in [-0.2, 0) is 9.53 Å². The highest BCUT2D eigenvalue weighted by Crippen LogP contribution is 2.29. The summed E-state index contributed by atoms with van der Waals surface area (Å²) < 4.78 is 5.82. The molecule has 1 N–H and O–H groups in total. The van der Waals surface area contributed by atoms with Crippen molar-refractivity contribution in [2.75, 3.05) is 13.2 Å².